The molecular weight excluding hydrogens is 230 g/mol. The standard InChI is InChI=1S/C10H10BrNO/c1-6-5-8(3-4-12)7(2)10(13)9(6)11/h5,13H,3H2,1-2H3. The molecule has 0 bridgehead atoms. The van der Waals surface area contributed by atoms with E-state index >= 15 is 0 Å². The first-order chi connectivity index (χ1) is 6.07. The van der Waals surface area contributed by atoms with Crippen LogP contribution in [-0.2, 0) is 6.42 Å². The molecule has 0 saturated heterocycles. The van der Waals surface area contributed by atoms with Crippen LogP contribution in [0.1, 0.15) is 16.7 Å². The van der Waals surface area contributed by atoms with Gasteiger partial charge in [0.15, 0.2) is 0 Å². The van der Waals surface area contributed by atoms with Gasteiger partial charge in [-0.2, -0.15) is 5.26 Å². The van der Waals surface area contributed by atoms with Crippen molar-refractivity contribution in [2.45, 2.75) is 20.3 Å². The van der Waals surface area contributed by atoms with Crippen molar-refractivity contribution in [1.29, 1.82) is 5.26 Å². The lowest BCUT2D eigenvalue weighted by Gasteiger charge is -2.09. The molecular formula is C10H10BrNO. The molecule has 68 valence electrons. The third-order valence-electron chi connectivity index (χ3n) is 2.05. The van der Waals surface area contributed by atoms with Crippen LogP contribution in [0.2, 0.25) is 0 Å². The predicted molar refractivity (Wildman–Crippen MR) is 54.6 cm³/mol. The van der Waals surface area contributed by atoms with Crippen molar-refractivity contribution in [2.75, 3.05) is 0 Å². The maximum Gasteiger partial charge on any atom is 0.133 e. The van der Waals surface area contributed by atoms with Gasteiger partial charge >= 0.3 is 0 Å². The zero-order valence-electron chi connectivity index (χ0n) is 7.56. The number of nitriles is 1. The molecule has 0 heterocycles. The molecule has 1 N–H and O–H groups in total. The van der Waals surface area contributed by atoms with Crippen LogP contribution in [0.15, 0.2) is 10.5 Å². The van der Waals surface area contributed by atoms with Crippen LogP contribution in [0, 0.1) is 25.2 Å². The van der Waals surface area contributed by atoms with E-state index in [1.807, 2.05) is 19.9 Å². The Labute approximate surface area is 85.9 Å². The van der Waals surface area contributed by atoms with Gasteiger partial charge in [-0.25, -0.2) is 0 Å². The molecule has 0 aromatic heterocycles. The number of rotatable bonds is 1. The average molecular weight is 240 g/mol. The van der Waals surface area contributed by atoms with Gasteiger partial charge in [0.2, 0.25) is 0 Å². The molecule has 0 aliphatic carbocycles. The van der Waals surface area contributed by atoms with E-state index in [1.54, 1.807) is 0 Å². The van der Waals surface area contributed by atoms with Gasteiger partial charge in [-0.3, -0.25) is 0 Å². The summed E-state index contributed by atoms with van der Waals surface area (Å²) in [5.41, 5.74) is 2.62. The Balaban J connectivity index is 3.34. The Morgan fingerprint density at radius 1 is 1.54 bits per heavy atom. The molecule has 1 aromatic carbocycles. The lowest BCUT2D eigenvalue weighted by atomic mass is 10.0. The number of aryl methyl sites for hydroxylation is 1. The maximum atomic E-state index is 9.64. The summed E-state index contributed by atoms with van der Waals surface area (Å²) in [6.45, 7) is 3.70. The van der Waals surface area contributed by atoms with Crippen LogP contribution in [0.3, 0.4) is 0 Å². The molecule has 1 rings (SSSR count). The Morgan fingerprint density at radius 3 is 2.69 bits per heavy atom. The second-order valence-corrected chi connectivity index (χ2v) is 3.77. The minimum atomic E-state index is 0.241. The number of halogens is 1. The van der Waals surface area contributed by atoms with Crippen molar-refractivity contribution in [1.82, 2.24) is 0 Å². The number of hydrogen-bond acceptors (Lipinski definition) is 2. The lowest BCUT2D eigenvalue weighted by molar-refractivity contribution is 0.466. The van der Waals surface area contributed by atoms with Crippen molar-refractivity contribution >= 4 is 15.9 Å². The van der Waals surface area contributed by atoms with Crippen LogP contribution >= 0.6 is 15.9 Å². The van der Waals surface area contributed by atoms with Gasteiger partial charge in [-0.05, 0) is 46.5 Å². The molecule has 0 radical (unpaired) electrons. The summed E-state index contributed by atoms with van der Waals surface area (Å²) in [5, 5.41) is 18.2. The van der Waals surface area contributed by atoms with Crippen molar-refractivity contribution in [2.24, 2.45) is 0 Å². The first-order valence-electron chi connectivity index (χ1n) is 3.92. The van der Waals surface area contributed by atoms with Crippen molar-refractivity contribution in [3.8, 4) is 11.8 Å². The minimum Gasteiger partial charge on any atom is -0.506 e. The first kappa shape index (κ1) is 10.1. The zero-order chi connectivity index (χ0) is 10.0. The van der Waals surface area contributed by atoms with Crippen molar-refractivity contribution < 1.29 is 5.11 Å². The molecule has 0 spiro atoms. The minimum absolute atomic E-state index is 0.241. The van der Waals surface area contributed by atoms with Crippen molar-refractivity contribution in [3.05, 3.63) is 27.2 Å². The fourth-order valence-corrected chi connectivity index (χ4v) is 1.62. The van der Waals surface area contributed by atoms with Gasteiger partial charge in [0.05, 0.1) is 17.0 Å². The van der Waals surface area contributed by atoms with Gasteiger partial charge in [0, 0.05) is 0 Å². The van der Waals surface area contributed by atoms with E-state index in [0.29, 0.717) is 10.9 Å². The fraction of sp³-hybridized carbons (Fsp3) is 0.300. The first-order valence-corrected chi connectivity index (χ1v) is 4.71. The van der Waals surface area contributed by atoms with Gasteiger partial charge in [0.25, 0.3) is 0 Å². The predicted octanol–water partition coefficient (Wildman–Crippen LogP) is 2.84. The third kappa shape index (κ3) is 1.84. The highest BCUT2D eigenvalue weighted by molar-refractivity contribution is 9.10. The average Bonchev–Trinajstić information content (AvgIpc) is 2.11. The van der Waals surface area contributed by atoms with E-state index in [2.05, 4.69) is 22.0 Å². The van der Waals surface area contributed by atoms with Crippen LogP contribution in [-0.4, -0.2) is 5.11 Å². The topological polar surface area (TPSA) is 44.0 Å². The maximum absolute atomic E-state index is 9.64. The summed E-state index contributed by atoms with van der Waals surface area (Å²) in [5.74, 6) is 0.241. The molecule has 0 aliphatic rings. The Bertz CT molecular complexity index is 379. The molecule has 0 amide bonds. The number of phenols is 1. The third-order valence-corrected chi connectivity index (χ3v) is 3.05. The summed E-state index contributed by atoms with van der Waals surface area (Å²) in [6, 6.07) is 3.99. The van der Waals surface area contributed by atoms with E-state index < -0.39 is 0 Å². The highest BCUT2D eigenvalue weighted by Crippen LogP contribution is 2.33. The second kappa shape index (κ2) is 3.80. The number of aromatic hydroxyl groups is 1. The number of benzene rings is 1. The number of phenolic OH excluding ortho intramolecular Hbond substituents is 1. The molecule has 0 unspecified atom stereocenters. The van der Waals surface area contributed by atoms with E-state index in [-0.39, 0.29) is 5.75 Å². The summed E-state index contributed by atoms with van der Waals surface area (Å²) >= 11 is 3.28. The lowest BCUT2D eigenvalue weighted by Crippen LogP contribution is -1.91. The van der Waals surface area contributed by atoms with E-state index in [1.165, 1.54) is 0 Å². The highest BCUT2D eigenvalue weighted by atomic mass is 79.9. The number of hydrogen-bond donors (Lipinski definition) is 1. The molecule has 0 aliphatic heterocycles. The van der Waals surface area contributed by atoms with E-state index in [0.717, 1.165) is 16.7 Å². The SMILES string of the molecule is Cc1cc(CC#N)c(C)c(O)c1Br. The van der Waals surface area contributed by atoms with Crippen LogP contribution in [0.4, 0.5) is 0 Å². The summed E-state index contributed by atoms with van der Waals surface area (Å²) in [6.07, 6.45) is 0.341. The Kier molecular flexibility index (Phi) is 2.94. The fourth-order valence-electron chi connectivity index (χ4n) is 1.21. The van der Waals surface area contributed by atoms with Gasteiger partial charge < -0.3 is 5.11 Å². The quantitative estimate of drug-likeness (QED) is 0.820. The largest absolute Gasteiger partial charge is 0.506 e. The summed E-state index contributed by atoms with van der Waals surface area (Å²) in [7, 11) is 0. The van der Waals surface area contributed by atoms with Gasteiger partial charge in [0.1, 0.15) is 5.75 Å². The Hall–Kier alpha value is -1.01. The zero-order valence-corrected chi connectivity index (χ0v) is 9.14. The van der Waals surface area contributed by atoms with Gasteiger partial charge in [-0.15, -0.1) is 0 Å². The normalized spacial score (nSPS) is 9.69. The second-order valence-electron chi connectivity index (χ2n) is 2.98. The van der Waals surface area contributed by atoms with E-state index in [4.69, 9.17) is 5.26 Å². The highest BCUT2D eigenvalue weighted by Gasteiger charge is 2.09. The smallest absolute Gasteiger partial charge is 0.133 e. The van der Waals surface area contributed by atoms with E-state index in [9.17, 15) is 5.11 Å². The molecule has 0 fully saturated rings. The van der Waals surface area contributed by atoms with Crippen LogP contribution in [0.25, 0.3) is 0 Å². The Morgan fingerprint density at radius 2 is 2.15 bits per heavy atom. The van der Waals surface area contributed by atoms with Gasteiger partial charge in [-0.1, -0.05) is 6.07 Å². The van der Waals surface area contributed by atoms with Crippen LogP contribution in [0.5, 0.6) is 5.75 Å². The monoisotopic (exact) mass is 239 g/mol. The molecule has 3 heteroatoms. The molecule has 2 nitrogen and oxygen atoms in total. The number of nitrogens with zero attached hydrogens (tertiary/aromatic N) is 1. The molecule has 1 aromatic rings. The summed E-state index contributed by atoms with van der Waals surface area (Å²) in [4.78, 5) is 0. The van der Waals surface area contributed by atoms with Crippen LogP contribution < -0.4 is 0 Å². The molecule has 0 saturated carbocycles. The van der Waals surface area contributed by atoms with Crippen molar-refractivity contribution in [3.63, 3.8) is 0 Å². The molecule has 0 atom stereocenters. The molecule has 13 heavy (non-hydrogen) atoms. The summed E-state index contributed by atoms with van der Waals surface area (Å²) < 4.78 is 0.715.